The SMILES string of the molecule is CNc1ccc2c(c1)CNCC2(C)C. The molecule has 0 fully saturated rings. The van der Waals surface area contributed by atoms with Crippen molar-refractivity contribution in [3.63, 3.8) is 0 Å². The molecule has 2 nitrogen and oxygen atoms in total. The minimum Gasteiger partial charge on any atom is -0.388 e. The first kappa shape index (κ1) is 9.53. The minimum atomic E-state index is 0.264. The Balaban J connectivity index is 2.46. The Bertz CT molecular complexity index is 342. The van der Waals surface area contributed by atoms with Gasteiger partial charge in [0.05, 0.1) is 0 Å². The van der Waals surface area contributed by atoms with Crippen molar-refractivity contribution < 1.29 is 0 Å². The molecule has 76 valence electrons. The summed E-state index contributed by atoms with van der Waals surface area (Å²) in [6.45, 7) is 6.64. The van der Waals surface area contributed by atoms with Gasteiger partial charge in [-0.25, -0.2) is 0 Å². The second-order valence-electron chi connectivity index (χ2n) is 4.61. The van der Waals surface area contributed by atoms with E-state index in [0.717, 1.165) is 13.1 Å². The van der Waals surface area contributed by atoms with Gasteiger partial charge in [-0.2, -0.15) is 0 Å². The average molecular weight is 190 g/mol. The molecular formula is C12H18N2. The fourth-order valence-electron chi connectivity index (χ4n) is 2.16. The van der Waals surface area contributed by atoms with Gasteiger partial charge in [0, 0.05) is 31.2 Å². The summed E-state index contributed by atoms with van der Waals surface area (Å²) in [5.41, 5.74) is 4.37. The molecule has 0 saturated carbocycles. The van der Waals surface area contributed by atoms with Gasteiger partial charge in [0.2, 0.25) is 0 Å². The molecule has 0 atom stereocenters. The lowest BCUT2D eigenvalue weighted by Crippen LogP contribution is -2.38. The standard InChI is InChI=1S/C12H18N2/c1-12(2)8-14-7-9-6-10(13-3)4-5-11(9)12/h4-6,13-14H,7-8H2,1-3H3. The van der Waals surface area contributed by atoms with Crippen LogP contribution in [0.1, 0.15) is 25.0 Å². The number of hydrogen-bond donors (Lipinski definition) is 2. The Labute approximate surface area is 85.7 Å². The average Bonchev–Trinajstić information content (AvgIpc) is 2.16. The van der Waals surface area contributed by atoms with Crippen LogP contribution in [0.25, 0.3) is 0 Å². The quantitative estimate of drug-likeness (QED) is 0.708. The molecular weight excluding hydrogens is 172 g/mol. The maximum absolute atomic E-state index is 3.45. The summed E-state index contributed by atoms with van der Waals surface area (Å²) < 4.78 is 0. The summed E-state index contributed by atoms with van der Waals surface area (Å²) in [6.07, 6.45) is 0. The van der Waals surface area contributed by atoms with Crippen LogP contribution < -0.4 is 10.6 Å². The van der Waals surface area contributed by atoms with E-state index < -0.39 is 0 Å². The van der Waals surface area contributed by atoms with Gasteiger partial charge in [-0.1, -0.05) is 19.9 Å². The lowest BCUT2D eigenvalue weighted by atomic mass is 9.79. The van der Waals surface area contributed by atoms with E-state index in [9.17, 15) is 0 Å². The van der Waals surface area contributed by atoms with Crippen molar-refractivity contribution in [3.8, 4) is 0 Å². The monoisotopic (exact) mass is 190 g/mol. The van der Waals surface area contributed by atoms with E-state index in [-0.39, 0.29) is 5.41 Å². The predicted octanol–water partition coefficient (Wildman–Crippen LogP) is 2.11. The molecule has 1 heterocycles. The van der Waals surface area contributed by atoms with Crippen LogP contribution in [0, 0.1) is 0 Å². The van der Waals surface area contributed by atoms with Crippen molar-refractivity contribution in [1.82, 2.24) is 5.32 Å². The summed E-state index contributed by atoms with van der Waals surface area (Å²) in [6, 6.07) is 6.65. The van der Waals surface area contributed by atoms with Crippen molar-refractivity contribution in [2.24, 2.45) is 0 Å². The molecule has 0 unspecified atom stereocenters. The smallest absolute Gasteiger partial charge is 0.0341 e. The van der Waals surface area contributed by atoms with E-state index >= 15 is 0 Å². The molecule has 0 saturated heterocycles. The third kappa shape index (κ3) is 1.50. The second-order valence-corrected chi connectivity index (χ2v) is 4.61. The fourth-order valence-corrected chi connectivity index (χ4v) is 2.16. The topological polar surface area (TPSA) is 24.1 Å². The largest absolute Gasteiger partial charge is 0.388 e. The minimum absolute atomic E-state index is 0.264. The first-order valence-electron chi connectivity index (χ1n) is 5.15. The molecule has 1 aromatic carbocycles. The normalized spacial score (nSPS) is 18.8. The van der Waals surface area contributed by atoms with E-state index in [1.54, 1.807) is 0 Å². The fraction of sp³-hybridized carbons (Fsp3) is 0.500. The molecule has 0 spiro atoms. The molecule has 0 aromatic heterocycles. The maximum atomic E-state index is 3.45. The van der Waals surface area contributed by atoms with Gasteiger partial charge in [0.25, 0.3) is 0 Å². The van der Waals surface area contributed by atoms with Crippen LogP contribution in [0.4, 0.5) is 5.69 Å². The van der Waals surface area contributed by atoms with Crippen LogP contribution >= 0.6 is 0 Å². The summed E-state index contributed by atoms with van der Waals surface area (Å²) >= 11 is 0. The Morgan fingerprint density at radius 1 is 1.36 bits per heavy atom. The summed E-state index contributed by atoms with van der Waals surface area (Å²) in [4.78, 5) is 0. The van der Waals surface area contributed by atoms with Crippen LogP contribution in [-0.2, 0) is 12.0 Å². The zero-order valence-corrected chi connectivity index (χ0v) is 9.15. The molecule has 0 amide bonds. The van der Waals surface area contributed by atoms with E-state index in [2.05, 4.69) is 42.7 Å². The highest BCUT2D eigenvalue weighted by Gasteiger charge is 2.26. The van der Waals surface area contributed by atoms with Gasteiger partial charge in [0.15, 0.2) is 0 Å². The van der Waals surface area contributed by atoms with E-state index in [4.69, 9.17) is 0 Å². The molecule has 2 rings (SSSR count). The molecule has 0 aliphatic carbocycles. The molecule has 0 radical (unpaired) electrons. The highest BCUT2D eigenvalue weighted by Crippen LogP contribution is 2.30. The number of rotatable bonds is 1. The lowest BCUT2D eigenvalue weighted by Gasteiger charge is -2.33. The molecule has 1 aliphatic rings. The molecule has 1 aliphatic heterocycles. The van der Waals surface area contributed by atoms with Gasteiger partial charge in [-0.05, 0) is 23.3 Å². The second kappa shape index (κ2) is 3.28. The molecule has 2 heteroatoms. The predicted molar refractivity (Wildman–Crippen MR) is 60.7 cm³/mol. The summed E-state index contributed by atoms with van der Waals surface area (Å²) in [5.74, 6) is 0. The van der Waals surface area contributed by atoms with Crippen molar-refractivity contribution >= 4 is 5.69 Å². The van der Waals surface area contributed by atoms with Crippen LogP contribution in [-0.4, -0.2) is 13.6 Å². The summed E-state index contributed by atoms with van der Waals surface area (Å²) in [7, 11) is 1.96. The van der Waals surface area contributed by atoms with Gasteiger partial charge in [0.1, 0.15) is 0 Å². The van der Waals surface area contributed by atoms with Crippen LogP contribution in [0.5, 0.6) is 0 Å². The highest BCUT2D eigenvalue weighted by molar-refractivity contribution is 5.50. The van der Waals surface area contributed by atoms with Crippen molar-refractivity contribution in [2.75, 3.05) is 18.9 Å². The molecule has 2 N–H and O–H groups in total. The zero-order chi connectivity index (χ0) is 10.2. The number of anilines is 1. The number of hydrogen-bond acceptors (Lipinski definition) is 2. The third-order valence-corrected chi connectivity index (χ3v) is 3.01. The Hall–Kier alpha value is -1.02. The van der Waals surface area contributed by atoms with Crippen LogP contribution in [0.15, 0.2) is 18.2 Å². The molecule has 0 bridgehead atoms. The van der Waals surface area contributed by atoms with Gasteiger partial charge >= 0.3 is 0 Å². The Kier molecular flexibility index (Phi) is 2.23. The zero-order valence-electron chi connectivity index (χ0n) is 9.15. The number of fused-ring (bicyclic) bond motifs is 1. The molecule has 14 heavy (non-hydrogen) atoms. The Morgan fingerprint density at radius 2 is 2.14 bits per heavy atom. The molecule has 1 aromatic rings. The third-order valence-electron chi connectivity index (χ3n) is 3.01. The first-order valence-corrected chi connectivity index (χ1v) is 5.15. The van der Waals surface area contributed by atoms with E-state index in [0.29, 0.717) is 0 Å². The highest BCUT2D eigenvalue weighted by atomic mass is 14.9. The van der Waals surface area contributed by atoms with E-state index in [1.807, 2.05) is 7.05 Å². The number of nitrogens with one attached hydrogen (secondary N) is 2. The van der Waals surface area contributed by atoms with Gasteiger partial charge in [-0.3, -0.25) is 0 Å². The van der Waals surface area contributed by atoms with Crippen molar-refractivity contribution in [1.29, 1.82) is 0 Å². The van der Waals surface area contributed by atoms with Crippen molar-refractivity contribution in [2.45, 2.75) is 25.8 Å². The van der Waals surface area contributed by atoms with Crippen molar-refractivity contribution in [3.05, 3.63) is 29.3 Å². The first-order chi connectivity index (χ1) is 6.63. The van der Waals surface area contributed by atoms with E-state index in [1.165, 1.54) is 16.8 Å². The van der Waals surface area contributed by atoms with Crippen LogP contribution in [0.3, 0.4) is 0 Å². The lowest BCUT2D eigenvalue weighted by molar-refractivity contribution is 0.435. The Morgan fingerprint density at radius 3 is 2.86 bits per heavy atom. The summed E-state index contributed by atoms with van der Waals surface area (Å²) in [5, 5.41) is 6.63. The maximum Gasteiger partial charge on any atom is 0.0341 e. The van der Waals surface area contributed by atoms with Gasteiger partial charge < -0.3 is 10.6 Å². The van der Waals surface area contributed by atoms with Gasteiger partial charge in [-0.15, -0.1) is 0 Å². The van der Waals surface area contributed by atoms with Crippen LogP contribution in [0.2, 0.25) is 0 Å². The number of benzene rings is 1.